The summed E-state index contributed by atoms with van der Waals surface area (Å²) in [5, 5.41) is 13.2. The Bertz CT molecular complexity index is 1000. The minimum Gasteiger partial charge on any atom is -0.507 e. The molecule has 0 radical (unpaired) electrons. The third-order valence-electron chi connectivity index (χ3n) is 5.96. The number of aliphatic hydroxyl groups excluding tert-OH is 1. The maximum Gasteiger partial charge on any atom is 0.295 e. The molecule has 0 spiro atoms. The second-order valence-corrected chi connectivity index (χ2v) is 8.76. The van der Waals surface area contributed by atoms with Crippen molar-refractivity contribution in [1.82, 2.24) is 4.90 Å². The number of aliphatic hydroxyl groups is 1. The first-order valence-electron chi connectivity index (χ1n) is 9.93. The molecular weight excluding hydrogens is 386 g/mol. The molecule has 1 unspecified atom stereocenters. The largest absolute Gasteiger partial charge is 0.507 e. The first kappa shape index (κ1) is 19.7. The molecule has 2 aromatic rings. The van der Waals surface area contributed by atoms with E-state index in [1.807, 2.05) is 31.4 Å². The Morgan fingerprint density at radius 3 is 2.52 bits per heavy atom. The SMILES string of the molecule is COc1ccc(C)cc1/C(O)=C1\C(=O)C(=O)N(C2CCCC2)C1c1sccc1C. The van der Waals surface area contributed by atoms with Crippen molar-refractivity contribution in [2.45, 2.75) is 51.6 Å². The highest BCUT2D eigenvalue weighted by molar-refractivity contribution is 7.10. The molecule has 1 aromatic carbocycles. The molecule has 1 aliphatic carbocycles. The van der Waals surface area contributed by atoms with Crippen LogP contribution >= 0.6 is 11.3 Å². The normalized spacial score (nSPS) is 21.9. The molecule has 1 atom stereocenters. The van der Waals surface area contributed by atoms with Gasteiger partial charge in [-0.1, -0.05) is 24.5 Å². The maximum atomic E-state index is 13.1. The van der Waals surface area contributed by atoms with E-state index in [0.717, 1.165) is 41.7 Å². The van der Waals surface area contributed by atoms with Crippen LogP contribution in [0.2, 0.25) is 0 Å². The standard InChI is InChI=1S/C23H25NO4S/c1-13-8-9-17(28-3)16(12-13)20(25)18-19(22-14(2)10-11-29-22)24(23(27)21(18)26)15-6-4-5-7-15/h8-12,15,19,25H,4-7H2,1-3H3/b20-18+. The molecule has 6 heteroatoms. The highest BCUT2D eigenvalue weighted by atomic mass is 32.1. The molecule has 1 saturated heterocycles. The van der Waals surface area contributed by atoms with Crippen LogP contribution in [0.4, 0.5) is 0 Å². The van der Waals surface area contributed by atoms with Crippen LogP contribution in [-0.4, -0.2) is 34.8 Å². The number of hydrogen-bond acceptors (Lipinski definition) is 5. The molecule has 1 N–H and O–H groups in total. The van der Waals surface area contributed by atoms with Crippen molar-refractivity contribution in [1.29, 1.82) is 0 Å². The molecule has 0 bridgehead atoms. The topological polar surface area (TPSA) is 66.8 Å². The van der Waals surface area contributed by atoms with Gasteiger partial charge in [-0.2, -0.15) is 0 Å². The average Bonchev–Trinajstić information content (AvgIpc) is 3.42. The van der Waals surface area contributed by atoms with E-state index in [1.54, 1.807) is 17.0 Å². The van der Waals surface area contributed by atoms with E-state index in [2.05, 4.69) is 0 Å². The van der Waals surface area contributed by atoms with Crippen LogP contribution < -0.4 is 4.74 Å². The quantitative estimate of drug-likeness (QED) is 0.448. The zero-order valence-electron chi connectivity index (χ0n) is 16.9. The molecule has 29 heavy (non-hydrogen) atoms. The number of nitrogens with zero attached hydrogens (tertiary/aromatic N) is 1. The summed E-state index contributed by atoms with van der Waals surface area (Å²) in [5.41, 5.74) is 2.56. The van der Waals surface area contributed by atoms with Crippen LogP contribution in [0.1, 0.15) is 53.3 Å². The highest BCUT2D eigenvalue weighted by Gasteiger charge is 2.50. The Morgan fingerprint density at radius 1 is 1.17 bits per heavy atom. The summed E-state index contributed by atoms with van der Waals surface area (Å²) < 4.78 is 5.42. The lowest BCUT2D eigenvalue weighted by molar-refractivity contribution is -0.141. The van der Waals surface area contributed by atoms with E-state index in [-0.39, 0.29) is 17.4 Å². The van der Waals surface area contributed by atoms with Gasteiger partial charge in [0.2, 0.25) is 0 Å². The van der Waals surface area contributed by atoms with Crippen molar-refractivity contribution in [3.05, 3.63) is 56.8 Å². The van der Waals surface area contributed by atoms with Gasteiger partial charge in [0.05, 0.1) is 18.2 Å². The van der Waals surface area contributed by atoms with Gasteiger partial charge in [0.15, 0.2) is 0 Å². The lowest BCUT2D eigenvalue weighted by atomic mass is 9.96. The van der Waals surface area contributed by atoms with Gasteiger partial charge in [0, 0.05) is 10.9 Å². The summed E-state index contributed by atoms with van der Waals surface area (Å²) in [6.45, 7) is 3.89. The molecule has 1 aromatic heterocycles. The van der Waals surface area contributed by atoms with Gasteiger partial charge >= 0.3 is 0 Å². The Labute approximate surface area is 174 Å². The van der Waals surface area contributed by atoms with E-state index in [0.29, 0.717) is 11.3 Å². The minimum atomic E-state index is -0.615. The van der Waals surface area contributed by atoms with Gasteiger partial charge in [-0.15, -0.1) is 11.3 Å². The first-order chi connectivity index (χ1) is 13.9. The molecule has 5 nitrogen and oxygen atoms in total. The van der Waals surface area contributed by atoms with Crippen LogP contribution in [0.25, 0.3) is 5.76 Å². The smallest absolute Gasteiger partial charge is 0.295 e. The van der Waals surface area contributed by atoms with Crippen molar-refractivity contribution < 1.29 is 19.4 Å². The van der Waals surface area contributed by atoms with Crippen LogP contribution in [0, 0.1) is 13.8 Å². The number of ketones is 1. The third-order valence-corrected chi connectivity index (χ3v) is 7.03. The van der Waals surface area contributed by atoms with Crippen molar-refractivity contribution >= 4 is 28.8 Å². The van der Waals surface area contributed by atoms with Crippen LogP contribution in [0.5, 0.6) is 5.75 Å². The molecule has 1 aliphatic heterocycles. The van der Waals surface area contributed by atoms with Crippen molar-refractivity contribution in [3.8, 4) is 5.75 Å². The van der Waals surface area contributed by atoms with Crippen molar-refractivity contribution in [2.24, 2.45) is 0 Å². The fraction of sp³-hybridized carbons (Fsp3) is 0.391. The fourth-order valence-corrected chi connectivity index (χ4v) is 5.52. The Balaban J connectivity index is 1.94. The average molecular weight is 412 g/mol. The number of aryl methyl sites for hydroxylation is 2. The Kier molecular flexibility index (Phi) is 5.21. The number of hydrogen-bond donors (Lipinski definition) is 1. The van der Waals surface area contributed by atoms with Crippen molar-refractivity contribution in [2.75, 3.05) is 7.11 Å². The first-order valence-corrected chi connectivity index (χ1v) is 10.8. The van der Waals surface area contributed by atoms with E-state index in [4.69, 9.17) is 4.74 Å². The van der Waals surface area contributed by atoms with Gasteiger partial charge < -0.3 is 14.7 Å². The number of methoxy groups -OCH3 is 1. The van der Waals surface area contributed by atoms with Gasteiger partial charge in [0.25, 0.3) is 11.7 Å². The number of Topliss-reactive ketones (excluding diaryl/α,β-unsaturated/α-hetero) is 1. The minimum absolute atomic E-state index is 0.0302. The molecule has 2 aliphatic rings. The lowest BCUT2D eigenvalue weighted by Crippen LogP contribution is -2.37. The number of ether oxygens (including phenoxy) is 1. The molecular formula is C23H25NO4S. The molecule has 1 amide bonds. The van der Waals surface area contributed by atoms with E-state index >= 15 is 0 Å². The number of likely N-dealkylation sites (tertiary alicyclic amines) is 1. The molecule has 152 valence electrons. The van der Waals surface area contributed by atoms with E-state index in [9.17, 15) is 14.7 Å². The summed E-state index contributed by atoms with van der Waals surface area (Å²) in [5.74, 6) is -0.817. The predicted octanol–water partition coefficient (Wildman–Crippen LogP) is 4.74. The zero-order valence-corrected chi connectivity index (χ0v) is 17.7. The predicted molar refractivity (Wildman–Crippen MR) is 113 cm³/mol. The molecule has 2 fully saturated rings. The maximum absolute atomic E-state index is 13.1. The second-order valence-electron chi connectivity index (χ2n) is 7.82. The molecule has 2 heterocycles. The van der Waals surface area contributed by atoms with Gasteiger partial charge in [-0.25, -0.2) is 0 Å². The van der Waals surface area contributed by atoms with E-state index < -0.39 is 17.7 Å². The number of carbonyl (C=O) groups excluding carboxylic acids is 2. The van der Waals surface area contributed by atoms with Gasteiger partial charge in [0.1, 0.15) is 17.6 Å². The number of carbonyl (C=O) groups is 2. The summed E-state index contributed by atoms with van der Waals surface area (Å²) in [7, 11) is 1.53. The lowest BCUT2D eigenvalue weighted by Gasteiger charge is -2.30. The molecule has 1 saturated carbocycles. The number of rotatable bonds is 4. The fourth-order valence-electron chi connectivity index (χ4n) is 4.48. The monoisotopic (exact) mass is 411 g/mol. The zero-order chi connectivity index (χ0) is 20.7. The molecule has 4 rings (SSSR count). The summed E-state index contributed by atoms with van der Waals surface area (Å²) in [6, 6.07) is 6.90. The van der Waals surface area contributed by atoms with Crippen LogP contribution in [0.3, 0.4) is 0 Å². The summed E-state index contributed by atoms with van der Waals surface area (Å²) >= 11 is 1.52. The third kappa shape index (κ3) is 3.25. The highest BCUT2D eigenvalue weighted by Crippen LogP contribution is 2.46. The Hall–Kier alpha value is -2.60. The summed E-state index contributed by atoms with van der Waals surface area (Å²) in [6.07, 6.45) is 3.88. The van der Waals surface area contributed by atoms with Crippen LogP contribution in [-0.2, 0) is 9.59 Å². The van der Waals surface area contributed by atoms with Gasteiger partial charge in [-0.05, 0) is 55.8 Å². The van der Waals surface area contributed by atoms with E-state index in [1.165, 1.54) is 18.4 Å². The van der Waals surface area contributed by atoms with Crippen molar-refractivity contribution in [3.63, 3.8) is 0 Å². The second kappa shape index (κ2) is 7.67. The number of benzene rings is 1. The number of amides is 1. The van der Waals surface area contributed by atoms with Crippen LogP contribution in [0.15, 0.2) is 35.2 Å². The Morgan fingerprint density at radius 2 is 1.90 bits per heavy atom. The summed E-state index contributed by atoms with van der Waals surface area (Å²) in [4.78, 5) is 28.9. The number of thiophene rings is 1. The van der Waals surface area contributed by atoms with Gasteiger partial charge in [-0.3, -0.25) is 9.59 Å².